The first-order chi connectivity index (χ1) is 7.77. The van der Waals surface area contributed by atoms with E-state index in [1.165, 1.54) is 0 Å². The Morgan fingerprint density at radius 1 is 1.50 bits per heavy atom. The van der Waals surface area contributed by atoms with E-state index in [0.717, 1.165) is 0 Å². The fraction of sp³-hybridized carbons (Fsp3) is 0.364. The summed E-state index contributed by atoms with van der Waals surface area (Å²) in [5, 5.41) is 0. The second kappa shape index (κ2) is 4.96. The van der Waals surface area contributed by atoms with Crippen molar-refractivity contribution in [2.75, 3.05) is 25.7 Å². The standard InChI is InChI=1S/C11H13NO4/c12-10-4-2-1-3-9(10)11(13)15-6-8-5-14-7-16-8/h1-4,8H,5-7,12H2. The summed E-state index contributed by atoms with van der Waals surface area (Å²) >= 11 is 0. The Bertz CT molecular complexity index is 374. The van der Waals surface area contributed by atoms with E-state index in [9.17, 15) is 4.79 Å². The molecule has 5 heteroatoms. The maximum atomic E-state index is 11.6. The molecule has 1 aromatic rings. The molecule has 86 valence electrons. The van der Waals surface area contributed by atoms with Gasteiger partial charge in [0.2, 0.25) is 0 Å². The Labute approximate surface area is 93.1 Å². The number of hydrogen-bond acceptors (Lipinski definition) is 5. The van der Waals surface area contributed by atoms with Crippen LogP contribution in [0.25, 0.3) is 0 Å². The predicted octanol–water partition coefficient (Wildman–Crippen LogP) is 0.798. The third-order valence-corrected chi connectivity index (χ3v) is 2.27. The van der Waals surface area contributed by atoms with Gasteiger partial charge in [-0.25, -0.2) is 4.79 Å². The quantitative estimate of drug-likeness (QED) is 0.606. The first-order valence-electron chi connectivity index (χ1n) is 4.98. The van der Waals surface area contributed by atoms with Gasteiger partial charge in [0, 0.05) is 5.69 Å². The summed E-state index contributed by atoms with van der Waals surface area (Å²) in [5.74, 6) is -0.436. The Morgan fingerprint density at radius 3 is 3.00 bits per heavy atom. The molecule has 0 aromatic heterocycles. The molecule has 16 heavy (non-hydrogen) atoms. The first kappa shape index (κ1) is 10.9. The van der Waals surface area contributed by atoms with Crippen molar-refractivity contribution in [1.82, 2.24) is 0 Å². The van der Waals surface area contributed by atoms with E-state index in [2.05, 4.69) is 0 Å². The molecule has 0 aliphatic carbocycles. The molecule has 0 amide bonds. The molecule has 2 rings (SSSR count). The molecule has 1 aliphatic heterocycles. The Hall–Kier alpha value is -1.59. The number of benzene rings is 1. The topological polar surface area (TPSA) is 70.8 Å². The number of hydrogen-bond donors (Lipinski definition) is 1. The molecule has 1 saturated heterocycles. The number of rotatable bonds is 3. The van der Waals surface area contributed by atoms with Gasteiger partial charge in [0.15, 0.2) is 0 Å². The van der Waals surface area contributed by atoms with Crippen LogP contribution >= 0.6 is 0 Å². The zero-order valence-electron chi connectivity index (χ0n) is 8.72. The van der Waals surface area contributed by atoms with Crippen molar-refractivity contribution in [2.24, 2.45) is 0 Å². The smallest absolute Gasteiger partial charge is 0.340 e. The number of nitrogens with two attached hydrogens (primary N) is 1. The molecule has 1 fully saturated rings. The van der Waals surface area contributed by atoms with Gasteiger partial charge in [0.1, 0.15) is 19.5 Å². The van der Waals surface area contributed by atoms with E-state index in [-0.39, 0.29) is 19.5 Å². The van der Waals surface area contributed by atoms with Gasteiger partial charge >= 0.3 is 5.97 Å². The van der Waals surface area contributed by atoms with Gasteiger partial charge in [-0.3, -0.25) is 0 Å². The molecular formula is C11H13NO4. The summed E-state index contributed by atoms with van der Waals surface area (Å²) in [6, 6.07) is 6.79. The Kier molecular flexibility index (Phi) is 3.38. The van der Waals surface area contributed by atoms with Crippen LogP contribution in [-0.2, 0) is 14.2 Å². The Morgan fingerprint density at radius 2 is 2.31 bits per heavy atom. The third kappa shape index (κ3) is 2.50. The van der Waals surface area contributed by atoms with Crippen LogP contribution in [0.3, 0.4) is 0 Å². The SMILES string of the molecule is Nc1ccccc1C(=O)OCC1COCO1. The third-order valence-electron chi connectivity index (χ3n) is 2.27. The summed E-state index contributed by atoms with van der Waals surface area (Å²) in [7, 11) is 0. The molecule has 2 N–H and O–H groups in total. The number of esters is 1. The summed E-state index contributed by atoms with van der Waals surface area (Å²) < 4.78 is 15.2. The van der Waals surface area contributed by atoms with Crippen molar-refractivity contribution in [3.8, 4) is 0 Å². The molecule has 0 bridgehead atoms. The number of carbonyl (C=O) groups is 1. The van der Waals surface area contributed by atoms with Crippen LogP contribution in [0.2, 0.25) is 0 Å². The van der Waals surface area contributed by atoms with Crippen molar-refractivity contribution >= 4 is 11.7 Å². The van der Waals surface area contributed by atoms with Crippen LogP contribution in [0.5, 0.6) is 0 Å². The van der Waals surface area contributed by atoms with Gasteiger partial charge in [0.05, 0.1) is 12.2 Å². The second-order valence-electron chi connectivity index (χ2n) is 3.46. The van der Waals surface area contributed by atoms with Crippen LogP contribution < -0.4 is 5.73 Å². The van der Waals surface area contributed by atoms with Gasteiger partial charge in [-0.05, 0) is 12.1 Å². The number of para-hydroxylation sites is 1. The zero-order valence-corrected chi connectivity index (χ0v) is 8.72. The average Bonchev–Trinajstić information content (AvgIpc) is 2.79. The first-order valence-corrected chi connectivity index (χ1v) is 4.98. The fourth-order valence-electron chi connectivity index (χ4n) is 1.40. The predicted molar refractivity (Wildman–Crippen MR) is 56.8 cm³/mol. The highest BCUT2D eigenvalue weighted by molar-refractivity contribution is 5.94. The molecule has 1 heterocycles. The van der Waals surface area contributed by atoms with Crippen molar-refractivity contribution in [2.45, 2.75) is 6.10 Å². The lowest BCUT2D eigenvalue weighted by Gasteiger charge is -2.09. The molecule has 1 atom stereocenters. The lowest BCUT2D eigenvalue weighted by molar-refractivity contribution is 0.00775. The maximum Gasteiger partial charge on any atom is 0.340 e. The largest absolute Gasteiger partial charge is 0.459 e. The summed E-state index contributed by atoms with van der Waals surface area (Å²) in [6.07, 6.45) is -0.172. The molecule has 1 aliphatic rings. The monoisotopic (exact) mass is 223 g/mol. The van der Waals surface area contributed by atoms with Gasteiger partial charge in [-0.15, -0.1) is 0 Å². The number of carbonyl (C=O) groups excluding carboxylic acids is 1. The minimum absolute atomic E-state index is 0.172. The van der Waals surface area contributed by atoms with Gasteiger partial charge in [-0.2, -0.15) is 0 Å². The second-order valence-corrected chi connectivity index (χ2v) is 3.46. The maximum absolute atomic E-state index is 11.6. The molecule has 1 aromatic carbocycles. The molecule has 0 spiro atoms. The molecular weight excluding hydrogens is 210 g/mol. The van der Waals surface area contributed by atoms with E-state index in [1.807, 2.05) is 0 Å². The van der Waals surface area contributed by atoms with Crippen molar-refractivity contribution in [1.29, 1.82) is 0 Å². The average molecular weight is 223 g/mol. The number of anilines is 1. The van der Waals surface area contributed by atoms with Crippen molar-refractivity contribution in [3.63, 3.8) is 0 Å². The highest BCUT2D eigenvalue weighted by Crippen LogP contribution is 2.12. The van der Waals surface area contributed by atoms with Crippen LogP contribution in [0, 0.1) is 0 Å². The molecule has 0 saturated carbocycles. The lowest BCUT2D eigenvalue weighted by atomic mass is 10.2. The van der Waals surface area contributed by atoms with E-state index in [0.29, 0.717) is 17.9 Å². The van der Waals surface area contributed by atoms with Crippen LogP contribution in [-0.4, -0.2) is 32.1 Å². The van der Waals surface area contributed by atoms with Gasteiger partial charge < -0.3 is 19.9 Å². The van der Waals surface area contributed by atoms with Crippen LogP contribution in [0.4, 0.5) is 5.69 Å². The minimum atomic E-state index is -0.436. The van der Waals surface area contributed by atoms with E-state index in [4.69, 9.17) is 19.9 Å². The highest BCUT2D eigenvalue weighted by Gasteiger charge is 2.19. The molecule has 0 radical (unpaired) electrons. The summed E-state index contributed by atoms with van der Waals surface area (Å²) in [4.78, 5) is 11.6. The van der Waals surface area contributed by atoms with Crippen LogP contribution in [0.15, 0.2) is 24.3 Å². The Balaban J connectivity index is 1.90. The fourth-order valence-corrected chi connectivity index (χ4v) is 1.40. The summed E-state index contributed by atoms with van der Waals surface area (Å²) in [5.41, 5.74) is 6.44. The van der Waals surface area contributed by atoms with Crippen molar-refractivity contribution < 1.29 is 19.0 Å². The number of nitrogen functional groups attached to an aromatic ring is 1. The highest BCUT2D eigenvalue weighted by atomic mass is 16.7. The molecule has 1 unspecified atom stereocenters. The molecule has 5 nitrogen and oxygen atoms in total. The lowest BCUT2D eigenvalue weighted by Crippen LogP contribution is -2.21. The van der Waals surface area contributed by atoms with Crippen LogP contribution in [0.1, 0.15) is 10.4 Å². The van der Waals surface area contributed by atoms with Crippen molar-refractivity contribution in [3.05, 3.63) is 29.8 Å². The van der Waals surface area contributed by atoms with Gasteiger partial charge in [0.25, 0.3) is 0 Å². The van der Waals surface area contributed by atoms with Gasteiger partial charge in [-0.1, -0.05) is 12.1 Å². The zero-order chi connectivity index (χ0) is 11.4. The minimum Gasteiger partial charge on any atom is -0.459 e. The van der Waals surface area contributed by atoms with E-state index < -0.39 is 5.97 Å². The van der Waals surface area contributed by atoms with E-state index >= 15 is 0 Å². The number of ether oxygens (including phenoxy) is 3. The summed E-state index contributed by atoms with van der Waals surface area (Å²) in [6.45, 7) is 0.903. The normalized spacial score (nSPS) is 19.6. The van der Waals surface area contributed by atoms with E-state index in [1.54, 1.807) is 24.3 Å².